The zero-order chi connectivity index (χ0) is 29.5. The van der Waals surface area contributed by atoms with Crippen molar-refractivity contribution in [1.82, 2.24) is 0 Å². The van der Waals surface area contributed by atoms with Crippen LogP contribution in [0, 0.1) is 46.3 Å². The number of carbonyl (C=O) groups excluding carboxylic acids is 5. The zero-order valence-corrected chi connectivity index (χ0v) is 24.5. The second kappa shape index (κ2) is 9.43. The van der Waals surface area contributed by atoms with Crippen LogP contribution in [0.25, 0.3) is 0 Å². The number of aromatic hydroxyl groups is 1. The van der Waals surface area contributed by atoms with Gasteiger partial charge in [0, 0.05) is 11.3 Å². The summed E-state index contributed by atoms with van der Waals surface area (Å²) >= 11 is 0. The van der Waals surface area contributed by atoms with Gasteiger partial charge in [0.1, 0.15) is 17.5 Å². The number of carbonyl (C=O) groups is 5. The Morgan fingerprint density at radius 3 is 2.23 bits per heavy atom. The van der Waals surface area contributed by atoms with Crippen molar-refractivity contribution in [2.24, 2.45) is 46.3 Å². The van der Waals surface area contributed by atoms with Gasteiger partial charge >= 0.3 is 0 Å². The van der Waals surface area contributed by atoms with Crippen molar-refractivity contribution >= 4 is 28.9 Å². The van der Waals surface area contributed by atoms with Crippen molar-refractivity contribution in [2.75, 3.05) is 0 Å². The number of hydrogen-bond acceptors (Lipinski definition) is 7. The molecule has 0 amide bonds. The molecule has 4 aliphatic rings. The summed E-state index contributed by atoms with van der Waals surface area (Å²) in [5.74, 6) is -7.32. The van der Waals surface area contributed by atoms with Gasteiger partial charge < -0.3 is 10.2 Å². The van der Waals surface area contributed by atoms with E-state index in [9.17, 15) is 34.2 Å². The van der Waals surface area contributed by atoms with Gasteiger partial charge in [-0.1, -0.05) is 53.5 Å². The Morgan fingerprint density at radius 1 is 1.02 bits per heavy atom. The van der Waals surface area contributed by atoms with Crippen LogP contribution in [-0.4, -0.2) is 44.7 Å². The zero-order valence-electron chi connectivity index (χ0n) is 24.5. The minimum atomic E-state index is -2.66. The molecule has 0 aromatic heterocycles. The standard InChI is InChI=1S/C33H42O7/c1-16(2)25-27(36)23(18(4)34)29(38)33(40)30(39)26-28(37)24-21(14-31(26,5)15-32(25,33)6)20(11-12-22(24)35)13-19-9-7-17(3)8-10-19/h11-12,16-17,19,23,25-26,35,40H,7-10,13-15H2,1-6H3/t17?,19?,23?,25?,26?,31-,32-,33+/m1/s1. The minimum Gasteiger partial charge on any atom is -0.507 e. The van der Waals surface area contributed by atoms with Crippen LogP contribution in [-0.2, 0) is 32.0 Å². The second-order valence-electron chi connectivity index (χ2n) is 14.3. The average Bonchev–Trinajstić information content (AvgIpc) is 2.84. The van der Waals surface area contributed by atoms with Crippen molar-refractivity contribution in [2.45, 2.75) is 92.1 Å². The number of hydrogen-bond donors (Lipinski definition) is 2. The van der Waals surface area contributed by atoms with E-state index in [1.807, 2.05) is 13.0 Å². The van der Waals surface area contributed by atoms with Gasteiger partial charge in [-0.3, -0.25) is 24.0 Å². The molecule has 0 radical (unpaired) electrons. The second-order valence-corrected chi connectivity index (χ2v) is 14.3. The molecular formula is C33H42O7. The van der Waals surface area contributed by atoms with Gasteiger partial charge in [0.2, 0.25) is 0 Å². The Labute approximate surface area is 236 Å². The highest BCUT2D eigenvalue weighted by Gasteiger charge is 2.76. The van der Waals surface area contributed by atoms with Crippen molar-refractivity contribution in [3.63, 3.8) is 0 Å². The van der Waals surface area contributed by atoms with Crippen LogP contribution >= 0.6 is 0 Å². The smallest absolute Gasteiger partial charge is 0.190 e. The van der Waals surface area contributed by atoms with E-state index in [4.69, 9.17) is 0 Å². The van der Waals surface area contributed by atoms with E-state index in [2.05, 4.69) is 6.92 Å². The first-order chi connectivity index (χ1) is 18.6. The summed E-state index contributed by atoms with van der Waals surface area (Å²) in [5, 5.41) is 23.0. The normalized spacial score (nSPS) is 39.5. The van der Waals surface area contributed by atoms with Crippen LogP contribution in [0.3, 0.4) is 0 Å². The molecule has 6 atom stereocenters. The number of phenolic OH excluding ortho intramolecular Hbond substituents is 1. The number of ketones is 5. The Morgan fingerprint density at radius 2 is 1.65 bits per heavy atom. The molecule has 3 fully saturated rings. The van der Waals surface area contributed by atoms with E-state index in [0.717, 1.165) is 50.2 Å². The SMILES string of the molecule is CC(=O)C1C(=O)C(C(C)C)[C@@]2(C)C[C@@]3(C)Cc4c(CC5CCC(C)CC5)ccc(O)c4C(=O)C3C(=O)[C@@]2(O)C1=O. The molecule has 4 aliphatic carbocycles. The maximum absolute atomic E-state index is 14.3. The summed E-state index contributed by atoms with van der Waals surface area (Å²) in [6, 6.07) is 3.39. The maximum Gasteiger partial charge on any atom is 0.190 e. The monoisotopic (exact) mass is 550 g/mol. The van der Waals surface area contributed by atoms with Crippen LogP contribution in [0.2, 0.25) is 0 Å². The first-order valence-electron chi connectivity index (χ1n) is 14.8. The topological polar surface area (TPSA) is 126 Å². The number of rotatable bonds is 4. The van der Waals surface area contributed by atoms with Crippen LogP contribution in [0.1, 0.15) is 95.1 Å². The van der Waals surface area contributed by atoms with E-state index in [0.29, 0.717) is 18.3 Å². The molecule has 3 unspecified atom stereocenters. The summed E-state index contributed by atoms with van der Waals surface area (Å²) in [6.45, 7) is 10.4. The number of Topliss-reactive ketones (excluding diaryl/α,β-unsaturated/α-hetero) is 5. The van der Waals surface area contributed by atoms with E-state index >= 15 is 0 Å². The van der Waals surface area contributed by atoms with Crippen molar-refractivity contribution in [1.29, 1.82) is 0 Å². The van der Waals surface area contributed by atoms with Crippen molar-refractivity contribution in [3.05, 3.63) is 28.8 Å². The number of fused-ring (bicyclic) bond motifs is 3. The van der Waals surface area contributed by atoms with Gasteiger partial charge in [0.05, 0.1) is 11.5 Å². The first-order valence-corrected chi connectivity index (χ1v) is 14.8. The summed E-state index contributed by atoms with van der Waals surface area (Å²) in [5.41, 5.74) is -3.30. The molecule has 7 nitrogen and oxygen atoms in total. The molecule has 1 aromatic carbocycles. The average molecular weight is 551 g/mol. The molecule has 0 heterocycles. The largest absolute Gasteiger partial charge is 0.507 e. The molecule has 0 saturated heterocycles. The molecule has 0 bridgehead atoms. The fourth-order valence-corrected chi connectivity index (χ4v) is 9.23. The van der Waals surface area contributed by atoms with Gasteiger partial charge in [-0.05, 0) is 79.4 Å². The molecule has 40 heavy (non-hydrogen) atoms. The molecule has 3 saturated carbocycles. The lowest BCUT2D eigenvalue weighted by atomic mass is 9.40. The van der Waals surface area contributed by atoms with Crippen molar-refractivity contribution in [3.8, 4) is 5.75 Å². The van der Waals surface area contributed by atoms with Crippen LogP contribution in [0.5, 0.6) is 5.75 Å². The Balaban J connectivity index is 1.64. The molecule has 2 N–H and O–H groups in total. The number of aliphatic hydroxyl groups is 1. The molecular weight excluding hydrogens is 508 g/mol. The fourth-order valence-electron chi connectivity index (χ4n) is 9.23. The van der Waals surface area contributed by atoms with Crippen LogP contribution in [0.4, 0.5) is 0 Å². The highest BCUT2D eigenvalue weighted by atomic mass is 16.3. The summed E-state index contributed by atoms with van der Waals surface area (Å²) < 4.78 is 0. The van der Waals surface area contributed by atoms with E-state index in [1.54, 1.807) is 20.8 Å². The van der Waals surface area contributed by atoms with E-state index in [1.165, 1.54) is 6.07 Å². The third-order valence-electron chi connectivity index (χ3n) is 11.0. The third-order valence-corrected chi connectivity index (χ3v) is 11.0. The van der Waals surface area contributed by atoms with Gasteiger partial charge in [-0.15, -0.1) is 0 Å². The number of benzene rings is 1. The van der Waals surface area contributed by atoms with Crippen molar-refractivity contribution < 1.29 is 34.2 Å². The Hall–Kier alpha value is -2.67. The summed E-state index contributed by atoms with van der Waals surface area (Å²) in [6.07, 6.45) is 5.71. The highest BCUT2D eigenvalue weighted by Crippen LogP contribution is 2.64. The van der Waals surface area contributed by atoms with E-state index < -0.39 is 63.1 Å². The minimum absolute atomic E-state index is 0.0824. The summed E-state index contributed by atoms with van der Waals surface area (Å²) in [7, 11) is 0. The van der Waals surface area contributed by atoms with Gasteiger partial charge in [-0.2, -0.15) is 0 Å². The lowest BCUT2D eigenvalue weighted by Crippen LogP contribution is -2.76. The lowest BCUT2D eigenvalue weighted by molar-refractivity contribution is -0.205. The lowest BCUT2D eigenvalue weighted by Gasteiger charge is -2.62. The molecule has 216 valence electrons. The van der Waals surface area contributed by atoms with Gasteiger partial charge in [-0.25, -0.2) is 0 Å². The highest BCUT2D eigenvalue weighted by molar-refractivity contribution is 6.32. The Kier molecular flexibility index (Phi) is 6.80. The Bertz CT molecular complexity index is 1320. The quantitative estimate of drug-likeness (QED) is 0.530. The molecule has 0 aliphatic heterocycles. The van der Waals surface area contributed by atoms with Gasteiger partial charge in [0.15, 0.2) is 28.7 Å². The van der Waals surface area contributed by atoms with Crippen LogP contribution < -0.4 is 0 Å². The predicted octanol–water partition coefficient (Wildman–Crippen LogP) is 4.46. The number of phenols is 1. The van der Waals surface area contributed by atoms with E-state index in [-0.39, 0.29) is 23.7 Å². The predicted molar refractivity (Wildman–Crippen MR) is 148 cm³/mol. The fraction of sp³-hybridized carbons (Fsp3) is 0.667. The molecule has 7 heteroatoms. The van der Waals surface area contributed by atoms with Gasteiger partial charge in [0.25, 0.3) is 0 Å². The maximum atomic E-state index is 14.3. The van der Waals surface area contributed by atoms with Crippen LogP contribution in [0.15, 0.2) is 12.1 Å². The summed E-state index contributed by atoms with van der Waals surface area (Å²) in [4.78, 5) is 68.4. The first kappa shape index (κ1) is 28.8. The molecule has 0 spiro atoms. The molecule has 1 aromatic rings. The molecule has 5 rings (SSSR count). The third kappa shape index (κ3) is 3.83.